The molecule has 1 saturated carbocycles. The molecule has 1 aliphatic rings. The molecule has 140 valence electrons. The van der Waals surface area contributed by atoms with Gasteiger partial charge in [0.25, 0.3) is 0 Å². The van der Waals surface area contributed by atoms with Crippen molar-refractivity contribution in [2.75, 3.05) is 14.2 Å². The van der Waals surface area contributed by atoms with Crippen molar-refractivity contribution in [1.29, 1.82) is 0 Å². The third-order valence-corrected chi connectivity index (χ3v) is 5.43. The number of methoxy groups -OCH3 is 2. The van der Waals surface area contributed by atoms with Gasteiger partial charge in [0.15, 0.2) is 0 Å². The van der Waals surface area contributed by atoms with Crippen LogP contribution in [0.3, 0.4) is 0 Å². The minimum atomic E-state index is 0.593. The average molecular weight is 383 g/mol. The lowest BCUT2D eigenvalue weighted by Crippen LogP contribution is -2.25. The standard InChI is InChI=1S/C22H23ClN2O2/c1-26-18-8-10-21(27-2)16(12-18)14-25(17-6-7-17)13-15-5-9-20(23)19-4-3-11-24-22(15)19/h3-5,8-12,17H,6-7,13-14H2,1-2H3. The summed E-state index contributed by atoms with van der Waals surface area (Å²) in [4.78, 5) is 7.08. The maximum atomic E-state index is 6.36. The average Bonchev–Trinajstić information content (AvgIpc) is 3.55. The van der Waals surface area contributed by atoms with Gasteiger partial charge in [0.1, 0.15) is 11.5 Å². The smallest absolute Gasteiger partial charge is 0.123 e. The van der Waals surface area contributed by atoms with Gasteiger partial charge in [-0.3, -0.25) is 9.88 Å². The number of ether oxygens (including phenoxy) is 2. The van der Waals surface area contributed by atoms with Gasteiger partial charge in [0.05, 0.1) is 19.7 Å². The predicted molar refractivity (Wildman–Crippen MR) is 109 cm³/mol. The number of rotatable bonds is 7. The Morgan fingerprint density at radius 1 is 1.04 bits per heavy atom. The molecular formula is C22H23ClN2O2. The summed E-state index contributed by atoms with van der Waals surface area (Å²) in [6, 6.07) is 14.6. The van der Waals surface area contributed by atoms with E-state index >= 15 is 0 Å². The second-order valence-corrected chi connectivity index (χ2v) is 7.33. The Hall–Kier alpha value is -2.30. The second kappa shape index (κ2) is 7.75. The first kappa shape index (κ1) is 18.1. The second-order valence-electron chi connectivity index (χ2n) is 6.92. The quantitative estimate of drug-likeness (QED) is 0.571. The number of hydrogen-bond acceptors (Lipinski definition) is 4. The summed E-state index contributed by atoms with van der Waals surface area (Å²) in [7, 11) is 3.40. The first-order valence-electron chi connectivity index (χ1n) is 9.16. The molecule has 0 bridgehead atoms. The fraction of sp³-hybridized carbons (Fsp3) is 0.318. The number of pyridine rings is 1. The Bertz CT molecular complexity index is 956. The number of nitrogens with zero attached hydrogens (tertiary/aromatic N) is 2. The topological polar surface area (TPSA) is 34.6 Å². The molecule has 3 aromatic rings. The van der Waals surface area contributed by atoms with E-state index < -0.39 is 0 Å². The van der Waals surface area contributed by atoms with Crippen LogP contribution in [0.2, 0.25) is 5.02 Å². The van der Waals surface area contributed by atoms with E-state index in [1.807, 2.05) is 36.5 Å². The van der Waals surface area contributed by atoms with E-state index in [2.05, 4.69) is 22.0 Å². The normalized spacial score (nSPS) is 13.9. The van der Waals surface area contributed by atoms with Gasteiger partial charge in [-0.1, -0.05) is 17.7 Å². The number of benzene rings is 2. The van der Waals surface area contributed by atoms with E-state index in [-0.39, 0.29) is 0 Å². The van der Waals surface area contributed by atoms with E-state index in [0.717, 1.165) is 46.1 Å². The number of aromatic nitrogens is 1. The first-order valence-corrected chi connectivity index (χ1v) is 9.54. The molecule has 1 heterocycles. The van der Waals surface area contributed by atoms with Crippen molar-refractivity contribution in [2.24, 2.45) is 0 Å². The monoisotopic (exact) mass is 382 g/mol. The predicted octanol–water partition coefficient (Wildman–Crippen LogP) is 5.07. The zero-order chi connectivity index (χ0) is 18.8. The van der Waals surface area contributed by atoms with E-state index in [4.69, 9.17) is 21.1 Å². The van der Waals surface area contributed by atoms with Crippen LogP contribution in [0, 0.1) is 0 Å². The maximum absolute atomic E-state index is 6.36. The summed E-state index contributed by atoms with van der Waals surface area (Å²) in [5, 5.41) is 1.75. The Labute approximate surface area is 164 Å². The highest BCUT2D eigenvalue weighted by Gasteiger charge is 2.30. The molecule has 0 aliphatic heterocycles. The lowest BCUT2D eigenvalue weighted by atomic mass is 10.1. The lowest BCUT2D eigenvalue weighted by Gasteiger charge is -2.24. The first-order chi connectivity index (χ1) is 13.2. The maximum Gasteiger partial charge on any atom is 0.123 e. The Kier molecular flexibility index (Phi) is 5.19. The van der Waals surface area contributed by atoms with Gasteiger partial charge in [0, 0.05) is 41.3 Å². The van der Waals surface area contributed by atoms with Crippen LogP contribution in [-0.2, 0) is 13.1 Å². The van der Waals surface area contributed by atoms with Gasteiger partial charge in [-0.15, -0.1) is 0 Å². The molecule has 0 unspecified atom stereocenters. The molecular weight excluding hydrogens is 360 g/mol. The molecule has 0 radical (unpaired) electrons. The van der Waals surface area contributed by atoms with Gasteiger partial charge in [-0.05, 0) is 54.8 Å². The molecule has 0 spiro atoms. The molecule has 0 atom stereocenters. The fourth-order valence-corrected chi connectivity index (χ4v) is 3.74. The van der Waals surface area contributed by atoms with Gasteiger partial charge in [0.2, 0.25) is 0 Å². The SMILES string of the molecule is COc1ccc(OC)c(CN(Cc2ccc(Cl)c3cccnc23)C2CC2)c1. The van der Waals surface area contributed by atoms with Crippen molar-refractivity contribution in [1.82, 2.24) is 9.88 Å². The van der Waals surface area contributed by atoms with Crippen LogP contribution in [0.5, 0.6) is 11.5 Å². The number of fused-ring (bicyclic) bond motifs is 1. The van der Waals surface area contributed by atoms with E-state index in [1.165, 1.54) is 18.4 Å². The van der Waals surface area contributed by atoms with Crippen LogP contribution >= 0.6 is 11.6 Å². The fourth-order valence-electron chi connectivity index (χ4n) is 3.52. The van der Waals surface area contributed by atoms with Gasteiger partial charge in [-0.25, -0.2) is 0 Å². The molecule has 2 aromatic carbocycles. The van der Waals surface area contributed by atoms with Gasteiger partial charge < -0.3 is 9.47 Å². The molecule has 27 heavy (non-hydrogen) atoms. The van der Waals surface area contributed by atoms with Crippen LogP contribution in [0.15, 0.2) is 48.7 Å². The highest BCUT2D eigenvalue weighted by atomic mass is 35.5. The van der Waals surface area contributed by atoms with Crippen LogP contribution < -0.4 is 9.47 Å². The third kappa shape index (κ3) is 3.87. The van der Waals surface area contributed by atoms with Crippen LogP contribution in [0.25, 0.3) is 10.9 Å². The zero-order valence-corrected chi connectivity index (χ0v) is 16.4. The minimum Gasteiger partial charge on any atom is -0.497 e. The van der Waals surface area contributed by atoms with Crippen molar-refractivity contribution >= 4 is 22.5 Å². The number of hydrogen-bond donors (Lipinski definition) is 0. The molecule has 0 amide bonds. The third-order valence-electron chi connectivity index (χ3n) is 5.10. The van der Waals surface area contributed by atoms with Gasteiger partial charge in [-0.2, -0.15) is 0 Å². The summed E-state index contributed by atoms with van der Waals surface area (Å²) in [6.45, 7) is 1.64. The molecule has 1 aromatic heterocycles. The minimum absolute atomic E-state index is 0.593. The molecule has 4 nitrogen and oxygen atoms in total. The Morgan fingerprint density at radius 2 is 1.85 bits per heavy atom. The highest BCUT2D eigenvalue weighted by molar-refractivity contribution is 6.35. The molecule has 4 rings (SSSR count). The summed E-state index contributed by atoms with van der Waals surface area (Å²) < 4.78 is 11.0. The van der Waals surface area contributed by atoms with E-state index in [0.29, 0.717) is 6.04 Å². The largest absolute Gasteiger partial charge is 0.497 e. The van der Waals surface area contributed by atoms with Crippen molar-refractivity contribution in [3.05, 3.63) is 64.8 Å². The van der Waals surface area contributed by atoms with Crippen LogP contribution in [-0.4, -0.2) is 30.1 Å². The summed E-state index contributed by atoms with van der Waals surface area (Å²) in [5.74, 6) is 1.74. The molecule has 1 fully saturated rings. The Morgan fingerprint density at radius 3 is 2.59 bits per heavy atom. The van der Waals surface area contributed by atoms with Crippen molar-refractivity contribution in [3.8, 4) is 11.5 Å². The zero-order valence-electron chi connectivity index (χ0n) is 15.6. The number of halogens is 1. The highest BCUT2D eigenvalue weighted by Crippen LogP contribution is 2.34. The molecule has 5 heteroatoms. The molecule has 0 N–H and O–H groups in total. The molecule has 0 saturated heterocycles. The van der Waals surface area contributed by atoms with Crippen LogP contribution in [0.4, 0.5) is 0 Å². The van der Waals surface area contributed by atoms with Crippen molar-refractivity contribution in [3.63, 3.8) is 0 Å². The van der Waals surface area contributed by atoms with Gasteiger partial charge >= 0.3 is 0 Å². The summed E-state index contributed by atoms with van der Waals surface area (Å²) in [6.07, 6.45) is 4.28. The summed E-state index contributed by atoms with van der Waals surface area (Å²) >= 11 is 6.36. The van der Waals surface area contributed by atoms with Crippen LogP contribution in [0.1, 0.15) is 24.0 Å². The van der Waals surface area contributed by atoms with Crippen molar-refractivity contribution < 1.29 is 9.47 Å². The Balaban J connectivity index is 1.65. The molecule has 1 aliphatic carbocycles. The van der Waals surface area contributed by atoms with E-state index in [9.17, 15) is 0 Å². The lowest BCUT2D eigenvalue weighted by molar-refractivity contribution is 0.242. The van der Waals surface area contributed by atoms with E-state index in [1.54, 1.807) is 14.2 Å². The summed E-state index contributed by atoms with van der Waals surface area (Å²) in [5.41, 5.74) is 3.31. The van der Waals surface area contributed by atoms with Crippen molar-refractivity contribution in [2.45, 2.75) is 32.0 Å².